The van der Waals surface area contributed by atoms with Gasteiger partial charge in [0.2, 0.25) is 0 Å². The molecule has 0 aromatic carbocycles. The lowest BCUT2D eigenvalue weighted by Crippen LogP contribution is -2.65. The third-order valence-corrected chi connectivity index (χ3v) is 8.48. The number of carbonyl (C=O) groups excluding carboxylic acids is 2. The van der Waals surface area contributed by atoms with Crippen molar-refractivity contribution < 1.29 is 19.1 Å². The summed E-state index contributed by atoms with van der Waals surface area (Å²) < 4.78 is 11.7. The molecule has 4 heteroatoms. The molecule has 1 atom stereocenters. The highest BCUT2D eigenvalue weighted by Crippen LogP contribution is 2.73. The topological polar surface area (TPSA) is 52.6 Å². The summed E-state index contributed by atoms with van der Waals surface area (Å²) in [6.45, 7) is 6.10. The second-order valence-electron chi connectivity index (χ2n) is 9.53. The minimum absolute atomic E-state index is 0.398. The number of hydrogen-bond donors (Lipinski definition) is 0. The van der Waals surface area contributed by atoms with Gasteiger partial charge in [0.1, 0.15) is 5.60 Å². The fourth-order valence-electron chi connectivity index (χ4n) is 8.12. The van der Waals surface area contributed by atoms with E-state index < -0.39 is 23.0 Å². The molecule has 0 aromatic rings. The smallest absolute Gasteiger partial charge is 0.346 e. The second-order valence-corrected chi connectivity index (χ2v) is 9.53. The Morgan fingerprint density at radius 1 is 0.962 bits per heavy atom. The Kier molecular flexibility index (Phi) is 2.55. The van der Waals surface area contributed by atoms with E-state index in [1.54, 1.807) is 0 Å². The number of allylic oxidation sites excluding steroid dienone is 1. The predicted molar refractivity (Wildman–Crippen MR) is 93.6 cm³/mol. The molecule has 26 heavy (non-hydrogen) atoms. The molecule has 7 aliphatic rings. The van der Waals surface area contributed by atoms with Gasteiger partial charge in [-0.2, -0.15) is 0 Å². The van der Waals surface area contributed by atoms with Crippen molar-refractivity contribution in [3.63, 3.8) is 0 Å². The molecule has 4 bridgehead atoms. The summed E-state index contributed by atoms with van der Waals surface area (Å²) >= 11 is 0. The van der Waals surface area contributed by atoms with E-state index in [1.165, 1.54) is 6.42 Å². The zero-order chi connectivity index (χ0) is 18.0. The van der Waals surface area contributed by atoms with Crippen molar-refractivity contribution in [2.75, 3.05) is 0 Å². The third-order valence-electron chi connectivity index (χ3n) is 8.48. The van der Waals surface area contributed by atoms with Gasteiger partial charge in [0.25, 0.3) is 0 Å². The van der Waals surface area contributed by atoms with E-state index in [1.807, 2.05) is 13.8 Å². The summed E-state index contributed by atoms with van der Waals surface area (Å²) in [7, 11) is 0. The van der Waals surface area contributed by atoms with E-state index in [4.69, 9.17) is 9.47 Å². The van der Waals surface area contributed by atoms with Crippen molar-refractivity contribution in [1.82, 2.24) is 0 Å². The Bertz CT molecular complexity index is 858. The Balaban J connectivity index is 1.69. The first-order valence-electron chi connectivity index (χ1n) is 9.96. The van der Waals surface area contributed by atoms with E-state index in [0.717, 1.165) is 54.4 Å². The number of carbonyl (C=O) groups is 2. The molecule has 4 saturated carbocycles. The van der Waals surface area contributed by atoms with Crippen molar-refractivity contribution in [3.8, 4) is 0 Å². The first-order chi connectivity index (χ1) is 12.4. The number of cyclic esters (lactones) is 2. The monoisotopic (exact) mass is 352 g/mol. The molecule has 4 nitrogen and oxygen atoms in total. The number of rotatable bonds is 0. The van der Waals surface area contributed by atoms with Gasteiger partial charge in [-0.15, -0.1) is 0 Å². The zero-order valence-corrected chi connectivity index (χ0v) is 15.6. The van der Waals surface area contributed by atoms with Gasteiger partial charge in [-0.05, 0) is 88.2 Å². The van der Waals surface area contributed by atoms with Crippen LogP contribution in [-0.2, 0) is 19.1 Å². The van der Waals surface area contributed by atoms with E-state index in [0.29, 0.717) is 23.0 Å². The minimum atomic E-state index is -0.563. The molecular formula is C22H24O4. The van der Waals surface area contributed by atoms with Crippen molar-refractivity contribution in [2.24, 2.45) is 29.1 Å². The first kappa shape index (κ1) is 15.2. The Morgan fingerprint density at radius 2 is 1.58 bits per heavy atom. The maximum Gasteiger partial charge on any atom is 0.346 e. The molecule has 4 fully saturated rings. The Hall–Kier alpha value is -1.84. The van der Waals surface area contributed by atoms with Gasteiger partial charge >= 0.3 is 11.9 Å². The Labute approximate surface area is 153 Å². The van der Waals surface area contributed by atoms with Gasteiger partial charge in [0, 0.05) is 5.57 Å². The molecule has 2 heterocycles. The van der Waals surface area contributed by atoms with Gasteiger partial charge in [-0.3, -0.25) is 0 Å². The zero-order valence-electron chi connectivity index (χ0n) is 15.6. The van der Waals surface area contributed by atoms with Crippen LogP contribution in [0.5, 0.6) is 0 Å². The lowest BCUT2D eigenvalue weighted by atomic mass is 9.37. The first-order valence-corrected chi connectivity index (χ1v) is 9.96. The number of ether oxygens (including phenoxy) is 2. The van der Waals surface area contributed by atoms with Crippen LogP contribution >= 0.6 is 0 Å². The minimum Gasteiger partial charge on any atom is -0.487 e. The molecule has 0 radical (unpaired) electrons. The highest BCUT2D eigenvalue weighted by Gasteiger charge is 2.73. The van der Waals surface area contributed by atoms with Crippen LogP contribution < -0.4 is 0 Å². The van der Waals surface area contributed by atoms with Crippen LogP contribution in [0.2, 0.25) is 0 Å². The van der Waals surface area contributed by atoms with Crippen LogP contribution in [0, 0.1) is 29.1 Å². The van der Waals surface area contributed by atoms with E-state index >= 15 is 0 Å². The van der Waals surface area contributed by atoms with Crippen molar-refractivity contribution in [2.45, 2.75) is 58.5 Å². The second kappa shape index (κ2) is 4.35. The quantitative estimate of drug-likeness (QED) is 0.491. The summed E-state index contributed by atoms with van der Waals surface area (Å²) in [6, 6.07) is 0. The summed E-state index contributed by atoms with van der Waals surface area (Å²) in [5.41, 5.74) is 2.18. The molecule has 1 unspecified atom stereocenters. The fraction of sp³-hybridized carbons (Fsp3) is 0.636. The molecule has 136 valence electrons. The van der Waals surface area contributed by atoms with Crippen molar-refractivity contribution >= 4 is 11.9 Å². The normalized spacial score (nSPS) is 48.0. The Morgan fingerprint density at radius 3 is 2.19 bits per heavy atom. The van der Waals surface area contributed by atoms with Crippen LogP contribution in [0.4, 0.5) is 0 Å². The van der Waals surface area contributed by atoms with Crippen LogP contribution in [0.1, 0.15) is 52.9 Å². The highest BCUT2D eigenvalue weighted by atomic mass is 16.6. The third kappa shape index (κ3) is 1.40. The maximum absolute atomic E-state index is 13.0. The van der Waals surface area contributed by atoms with Crippen molar-refractivity contribution in [1.29, 1.82) is 0 Å². The van der Waals surface area contributed by atoms with Gasteiger partial charge in [0.15, 0.2) is 0 Å². The number of esters is 2. The SMILES string of the molecule is CC1=CC2=C(C)C3=C(C(=O)OC3=O)C3(C4CC5CC(C4)CC3C5)C2(C)O1. The molecular weight excluding hydrogens is 328 g/mol. The predicted octanol–water partition coefficient (Wildman–Crippen LogP) is 3.83. The maximum atomic E-state index is 13.0. The molecule has 0 N–H and O–H groups in total. The van der Waals surface area contributed by atoms with Crippen LogP contribution in [0.15, 0.2) is 34.1 Å². The average Bonchev–Trinajstić information content (AvgIpc) is 3.03. The van der Waals surface area contributed by atoms with E-state index in [2.05, 4.69) is 13.0 Å². The summed E-state index contributed by atoms with van der Waals surface area (Å²) in [4.78, 5) is 25.6. The molecule has 5 aliphatic carbocycles. The molecule has 0 amide bonds. The van der Waals surface area contributed by atoms with Gasteiger partial charge in [-0.1, -0.05) is 0 Å². The number of hydrogen-bond acceptors (Lipinski definition) is 4. The summed E-state index contributed by atoms with van der Waals surface area (Å²) in [6.07, 6.45) is 8.02. The molecule has 7 rings (SSSR count). The van der Waals surface area contributed by atoms with Crippen molar-refractivity contribution in [3.05, 3.63) is 34.1 Å². The highest BCUT2D eigenvalue weighted by molar-refractivity contribution is 6.16. The summed E-state index contributed by atoms with van der Waals surface area (Å²) in [5.74, 6) is 2.36. The molecule has 2 aliphatic heterocycles. The lowest BCUT2D eigenvalue weighted by Gasteiger charge is -2.66. The standard InChI is InChI=1S/C22H24O4/c1-10-4-16-11(2)17-18(20(24)25-19(17)23)22(21(16,3)26-10)14-6-12-5-13(8-14)9-15(22)7-12/h4,12-15H,5-9H2,1-3H3. The van der Waals surface area contributed by atoms with Crippen LogP contribution in [0.3, 0.4) is 0 Å². The van der Waals surface area contributed by atoms with E-state index in [9.17, 15) is 9.59 Å². The molecule has 1 spiro atoms. The summed E-state index contributed by atoms with van der Waals surface area (Å²) in [5, 5.41) is 0. The molecule has 0 aromatic heterocycles. The molecule has 0 saturated heterocycles. The van der Waals surface area contributed by atoms with Crippen LogP contribution in [-0.4, -0.2) is 17.5 Å². The van der Waals surface area contributed by atoms with Crippen LogP contribution in [0.25, 0.3) is 0 Å². The van der Waals surface area contributed by atoms with E-state index in [-0.39, 0.29) is 0 Å². The largest absolute Gasteiger partial charge is 0.487 e. The van der Waals surface area contributed by atoms with Gasteiger partial charge < -0.3 is 9.47 Å². The van der Waals surface area contributed by atoms with Gasteiger partial charge in [0.05, 0.1) is 22.3 Å². The fourth-order valence-corrected chi connectivity index (χ4v) is 8.12. The lowest BCUT2D eigenvalue weighted by molar-refractivity contribution is -0.182. The van der Waals surface area contributed by atoms with Gasteiger partial charge in [-0.25, -0.2) is 9.59 Å². The number of fused-ring (bicyclic) bond motifs is 1. The average molecular weight is 352 g/mol.